The highest BCUT2D eigenvalue weighted by Crippen LogP contribution is 2.27. The van der Waals surface area contributed by atoms with Crippen LogP contribution in [0.4, 0.5) is 5.69 Å². The smallest absolute Gasteiger partial charge is 0.247 e. The third-order valence-electron chi connectivity index (χ3n) is 5.27. The maximum atomic E-state index is 13.0. The quantitative estimate of drug-likeness (QED) is 0.522. The molecule has 1 amide bonds. The molecule has 0 spiro atoms. The Morgan fingerprint density at radius 2 is 2.00 bits per heavy atom. The summed E-state index contributed by atoms with van der Waals surface area (Å²) in [6, 6.07) is 9.54. The highest BCUT2D eigenvalue weighted by Gasteiger charge is 2.27. The molecule has 1 aromatic carbocycles. The molecular formula is C20H23N5O3S3. The summed E-state index contributed by atoms with van der Waals surface area (Å²) < 4.78 is 29.4. The summed E-state index contributed by atoms with van der Waals surface area (Å²) in [6.07, 6.45) is 2.78. The molecule has 3 aromatic rings. The predicted molar refractivity (Wildman–Crippen MR) is 123 cm³/mol. The van der Waals surface area contributed by atoms with Gasteiger partial charge in [-0.25, -0.2) is 8.42 Å². The van der Waals surface area contributed by atoms with Crippen LogP contribution in [0.5, 0.6) is 0 Å². The molecule has 1 fully saturated rings. The minimum absolute atomic E-state index is 0.180. The van der Waals surface area contributed by atoms with Gasteiger partial charge in [0.25, 0.3) is 0 Å². The average Bonchev–Trinajstić information content (AvgIpc) is 3.43. The van der Waals surface area contributed by atoms with E-state index in [0.29, 0.717) is 29.4 Å². The molecule has 0 radical (unpaired) electrons. The minimum Gasteiger partial charge on any atom is -0.324 e. The second kappa shape index (κ2) is 9.03. The molecule has 2 N–H and O–H groups in total. The summed E-state index contributed by atoms with van der Waals surface area (Å²) >= 11 is 6.84. The normalized spacial score (nSPS) is 16.2. The number of nitrogens with one attached hydrogen (secondary N) is 2. The van der Waals surface area contributed by atoms with Crippen molar-refractivity contribution in [2.75, 3.05) is 18.4 Å². The van der Waals surface area contributed by atoms with Gasteiger partial charge in [-0.05, 0) is 61.6 Å². The molecule has 1 unspecified atom stereocenters. The van der Waals surface area contributed by atoms with E-state index in [-0.39, 0.29) is 10.8 Å². The van der Waals surface area contributed by atoms with E-state index in [4.69, 9.17) is 12.2 Å². The minimum atomic E-state index is -3.58. The van der Waals surface area contributed by atoms with Gasteiger partial charge in [-0.1, -0.05) is 18.6 Å². The number of rotatable bonds is 6. The van der Waals surface area contributed by atoms with Gasteiger partial charge in [-0.15, -0.1) is 11.3 Å². The fourth-order valence-corrected chi connectivity index (χ4v) is 6.16. The van der Waals surface area contributed by atoms with E-state index in [1.165, 1.54) is 21.7 Å². The first-order valence-electron chi connectivity index (χ1n) is 10.00. The van der Waals surface area contributed by atoms with Crippen molar-refractivity contribution in [3.05, 3.63) is 46.5 Å². The number of amides is 1. The molecule has 1 saturated heterocycles. The molecule has 0 saturated carbocycles. The molecule has 164 valence electrons. The summed E-state index contributed by atoms with van der Waals surface area (Å²) in [5.41, 5.74) is 0.419. The van der Waals surface area contributed by atoms with Crippen molar-refractivity contribution < 1.29 is 13.2 Å². The Bertz CT molecular complexity index is 1220. The molecule has 3 heterocycles. The highest BCUT2D eigenvalue weighted by molar-refractivity contribution is 7.89. The Kier molecular flexibility index (Phi) is 6.37. The molecular weight excluding hydrogens is 454 g/mol. The number of H-pyrrole nitrogens is 1. The highest BCUT2D eigenvalue weighted by atomic mass is 32.2. The van der Waals surface area contributed by atoms with Gasteiger partial charge in [0, 0.05) is 18.8 Å². The van der Waals surface area contributed by atoms with Gasteiger partial charge in [0.05, 0.1) is 9.77 Å². The zero-order valence-corrected chi connectivity index (χ0v) is 19.4. The van der Waals surface area contributed by atoms with Crippen LogP contribution in [0.2, 0.25) is 0 Å². The summed E-state index contributed by atoms with van der Waals surface area (Å²) in [6.45, 7) is 2.78. The van der Waals surface area contributed by atoms with Crippen molar-refractivity contribution >= 4 is 45.2 Å². The Hall–Kier alpha value is -2.34. The van der Waals surface area contributed by atoms with Crippen LogP contribution in [0.25, 0.3) is 10.7 Å². The van der Waals surface area contributed by atoms with Gasteiger partial charge >= 0.3 is 0 Å². The van der Waals surface area contributed by atoms with E-state index in [1.807, 2.05) is 17.5 Å². The topological polar surface area (TPSA) is 100 Å². The standard InChI is InChI=1S/C20H23N5O3S3/c1-14(25-18(22-23-20(25)29)17-9-6-12-30-17)19(26)21-15-7-5-8-16(13-15)31(27,28)24-10-3-2-4-11-24/h5-9,12-14H,2-4,10-11H2,1H3,(H,21,26)(H,23,29). The third-order valence-corrected chi connectivity index (χ3v) is 8.32. The van der Waals surface area contributed by atoms with Crippen molar-refractivity contribution in [3.63, 3.8) is 0 Å². The van der Waals surface area contributed by atoms with E-state index in [2.05, 4.69) is 15.5 Å². The van der Waals surface area contributed by atoms with Crippen LogP contribution in [0.1, 0.15) is 32.2 Å². The second-order valence-electron chi connectivity index (χ2n) is 7.36. The van der Waals surface area contributed by atoms with Gasteiger partial charge < -0.3 is 5.32 Å². The predicted octanol–water partition coefficient (Wildman–Crippen LogP) is 4.04. The maximum Gasteiger partial charge on any atom is 0.247 e. The number of anilines is 1. The molecule has 2 aromatic heterocycles. The zero-order chi connectivity index (χ0) is 22.0. The summed E-state index contributed by atoms with van der Waals surface area (Å²) in [5, 5.41) is 11.8. The lowest BCUT2D eigenvalue weighted by atomic mass is 10.2. The number of benzene rings is 1. The van der Waals surface area contributed by atoms with Crippen molar-refractivity contribution in [1.82, 2.24) is 19.1 Å². The average molecular weight is 478 g/mol. The van der Waals surface area contributed by atoms with Gasteiger partial charge in [0.15, 0.2) is 10.6 Å². The number of sulfonamides is 1. The molecule has 1 aliphatic heterocycles. The summed E-state index contributed by atoms with van der Waals surface area (Å²) in [7, 11) is -3.58. The van der Waals surface area contributed by atoms with Crippen LogP contribution in [0.3, 0.4) is 0 Å². The number of aromatic amines is 1. The first-order valence-corrected chi connectivity index (χ1v) is 12.7. The van der Waals surface area contributed by atoms with Gasteiger partial charge in [0.2, 0.25) is 15.9 Å². The van der Waals surface area contributed by atoms with Crippen LogP contribution < -0.4 is 5.32 Å². The number of thiophene rings is 1. The van der Waals surface area contributed by atoms with E-state index in [0.717, 1.165) is 24.1 Å². The monoisotopic (exact) mass is 477 g/mol. The van der Waals surface area contributed by atoms with Gasteiger partial charge in [-0.3, -0.25) is 14.5 Å². The fraction of sp³-hybridized carbons (Fsp3) is 0.350. The Morgan fingerprint density at radius 3 is 2.71 bits per heavy atom. The number of hydrogen-bond donors (Lipinski definition) is 2. The zero-order valence-electron chi connectivity index (χ0n) is 16.9. The SMILES string of the molecule is CC(C(=O)Nc1cccc(S(=O)(=O)N2CCCCC2)c1)n1c(-c2cccs2)n[nH]c1=S. The van der Waals surface area contributed by atoms with Crippen LogP contribution >= 0.6 is 23.6 Å². The number of carbonyl (C=O) groups is 1. The molecule has 0 bridgehead atoms. The Balaban J connectivity index is 1.55. The van der Waals surface area contributed by atoms with Crippen LogP contribution in [-0.2, 0) is 14.8 Å². The number of carbonyl (C=O) groups excluding carboxylic acids is 1. The number of nitrogens with zero attached hydrogens (tertiary/aromatic N) is 3. The van der Waals surface area contributed by atoms with E-state index < -0.39 is 16.1 Å². The molecule has 8 nitrogen and oxygen atoms in total. The Morgan fingerprint density at radius 1 is 1.23 bits per heavy atom. The molecule has 4 rings (SSSR count). The first-order chi connectivity index (χ1) is 14.9. The fourth-order valence-electron chi connectivity index (χ4n) is 3.60. The first kappa shape index (κ1) is 21.9. The largest absolute Gasteiger partial charge is 0.324 e. The molecule has 11 heteroatoms. The Labute approximate surface area is 190 Å². The van der Waals surface area contributed by atoms with Gasteiger partial charge in [-0.2, -0.15) is 9.40 Å². The summed E-state index contributed by atoms with van der Waals surface area (Å²) in [5.74, 6) is 0.270. The van der Waals surface area contributed by atoms with E-state index in [9.17, 15) is 13.2 Å². The van der Waals surface area contributed by atoms with Crippen molar-refractivity contribution in [1.29, 1.82) is 0 Å². The molecule has 1 atom stereocenters. The number of piperidine rings is 1. The number of hydrogen-bond acceptors (Lipinski definition) is 6. The van der Waals surface area contributed by atoms with Gasteiger partial charge in [0.1, 0.15) is 6.04 Å². The maximum absolute atomic E-state index is 13.0. The summed E-state index contributed by atoms with van der Waals surface area (Å²) in [4.78, 5) is 14.0. The van der Waals surface area contributed by atoms with Crippen molar-refractivity contribution in [3.8, 4) is 10.7 Å². The van der Waals surface area contributed by atoms with Crippen LogP contribution in [0.15, 0.2) is 46.7 Å². The third kappa shape index (κ3) is 4.49. The van der Waals surface area contributed by atoms with Crippen molar-refractivity contribution in [2.45, 2.75) is 37.1 Å². The lowest BCUT2D eigenvalue weighted by Crippen LogP contribution is -2.35. The van der Waals surface area contributed by atoms with Crippen molar-refractivity contribution in [2.24, 2.45) is 0 Å². The molecule has 31 heavy (non-hydrogen) atoms. The van der Waals surface area contributed by atoms with E-state index >= 15 is 0 Å². The lowest BCUT2D eigenvalue weighted by Gasteiger charge is -2.26. The van der Waals surface area contributed by atoms with Crippen LogP contribution in [-0.4, -0.2) is 46.5 Å². The molecule has 0 aliphatic carbocycles. The molecule has 1 aliphatic rings. The number of aromatic nitrogens is 3. The van der Waals surface area contributed by atoms with E-state index in [1.54, 1.807) is 29.7 Å². The second-order valence-corrected chi connectivity index (χ2v) is 10.6. The van der Waals surface area contributed by atoms with Crippen LogP contribution in [0, 0.1) is 4.77 Å². The lowest BCUT2D eigenvalue weighted by molar-refractivity contribution is -0.118.